The van der Waals surface area contributed by atoms with E-state index in [1.165, 1.54) is 6.42 Å². The maximum absolute atomic E-state index is 11.5. The third-order valence-electron chi connectivity index (χ3n) is 2.61. The van der Waals surface area contributed by atoms with Gasteiger partial charge in [0.1, 0.15) is 5.78 Å². The zero-order valence-electron chi connectivity index (χ0n) is 10.8. The lowest BCUT2D eigenvalue weighted by atomic mass is 9.98. The number of carbonyl (C=O) groups is 2. The largest absolute Gasteiger partial charge is 0.466 e. The fourth-order valence-electron chi connectivity index (χ4n) is 1.64. The van der Waals surface area contributed by atoms with Crippen molar-refractivity contribution in [2.45, 2.75) is 59.3 Å². The molecule has 3 nitrogen and oxygen atoms in total. The lowest BCUT2D eigenvalue weighted by Crippen LogP contribution is -2.08. The molecule has 16 heavy (non-hydrogen) atoms. The van der Waals surface area contributed by atoms with Gasteiger partial charge in [0.05, 0.1) is 13.0 Å². The summed E-state index contributed by atoms with van der Waals surface area (Å²) in [4.78, 5) is 22.5. The second-order valence-corrected chi connectivity index (χ2v) is 4.28. The van der Waals surface area contributed by atoms with Crippen LogP contribution in [0.15, 0.2) is 0 Å². The lowest BCUT2D eigenvalue weighted by molar-refractivity contribution is -0.144. The van der Waals surface area contributed by atoms with Crippen molar-refractivity contribution in [1.82, 2.24) is 0 Å². The zero-order chi connectivity index (χ0) is 12.4. The molecule has 0 aliphatic carbocycles. The summed E-state index contributed by atoms with van der Waals surface area (Å²) in [5, 5.41) is 0. The van der Waals surface area contributed by atoms with Crippen LogP contribution in [-0.2, 0) is 14.3 Å². The van der Waals surface area contributed by atoms with Gasteiger partial charge < -0.3 is 4.74 Å². The highest BCUT2D eigenvalue weighted by molar-refractivity contribution is 5.82. The van der Waals surface area contributed by atoms with E-state index in [0.29, 0.717) is 25.4 Å². The fourth-order valence-corrected chi connectivity index (χ4v) is 1.64. The Bertz CT molecular complexity index is 211. The molecule has 0 aliphatic heterocycles. The molecule has 0 spiro atoms. The molecule has 3 heteroatoms. The number of rotatable bonds is 9. The molecule has 0 bridgehead atoms. The minimum absolute atomic E-state index is 0.177. The van der Waals surface area contributed by atoms with Gasteiger partial charge in [0.2, 0.25) is 0 Å². The van der Waals surface area contributed by atoms with E-state index in [1.54, 1.807) is 6.92 Å². The molecule has 0 amide bonds. The van der Waals surface area contributed by atoms with Crippen molar-refractivity contribution in [3.05, 3.63) is 0 Å². The van der Waals surface area contributed by atoms with Gasteiger partial charge >= 0.3 is 5.97 Å². The molecule has 0 aromatic rings. The molecule has 0 aromatic carbocycles. The maximum Gasteiger partial charge on any atom is 0.306 e. The topological polar surface area (TPSA) is 43.4 Å². The van der Waals surface area contributed by atoms with E-state index in [9.17, 15) is 9.59 Å². The van der Waals surface area contributed by atoms with Crippen LogP contribution in [0, 0.1) is 5.92 Å². The molecule has 0 heterocycles. The van der Waals surface area contributed by atoms with Crippen LogP contribution in [0.5, 0.6) is 0 Å². The Labute approximate surface area is 98.6 Å². The Hall–Kier alpha value is -0.860. The van der Waals surface area contributed by atoms with Crippen molar-refractivity contribution in [3.63, 3.8) is 0 Å². The van der Waals surface area contributed by atoms with Crippen molar-refractivity contribution in [3.8, 4) is 0 Å². The van der Waals surface area contributed by atoms with Gasteiger partial charge in [-0.3, -0.25) is 9.59 Å². The Morgan fingerprint density at radius 2 is 1.75 bits per heavy atom. The van der Waals surface area contributed by atoms with Crippen molar-refractivity contribution < 1.29 is 14.3 Å². The van der Waals surface area contributed by atoms with Crippen molar-refractivity contribution in [1.29, 1.82) is 0 Å². The molecule has 1 unspecified atom stereocenters. The fraction of sp³-hybridized carbons (Fsp3) is 0.846. The summed E-state index contributed by atoms with van der Waals surface area (Å²) in [6.45, 7) is 6.48. The van der Waals surface area contributed by atoms with E-state index in [1.807, 2.05) is 0 Å². The van der Waals surface area contributed by atoms with E-state index in [-0.39, 0.29) is 18.2 Å². The molecular formula is C13H24O3. The molecule has 0 aromatic heterocycles. The second kappa shape index (κ2) is 9.37. The predicted molar refractivity (Wildman–Crippen MR) is 64.2 cm³/mol. The number of esters is 1. The first-order valence-corrected chi connectivity index (χ1v) is 6.27. The van der Waals surface area contributed by atoms with Gasteiger partial charge in [0.25, 0.3) is 0 Å². The molecule has 0 rings (SSSR count). The summed E-state index contributed by atoms with van der Waals surface area (Å²) in [6.07, 6.45) is 4.44. The quantitative estimate of drug-likeness (QED) is 0.569. The monoisotopic (exact) mass is 228 g/mol. The van der Waals surface area contributed by atoms with Crippen LogP contribution in [0.4, 0.5) is 0 Å². The van der Waals surface area contributed by atoms with Gasteiger partial charge in [0, 0.05) is 12.8 Å². The number of hydrogen-bond donors (Lipinski definition) is 0. The number of Topliss-reactive ketones (excluding diaryl/α,β-unsaturated/α-hetero) is 1. The Morgan fingerprint density at radius 1 is 1.06 bits per heavy atom. The van der Waals surface area contributed by atoms with Crippen molar-refractivity contribution >= 4 is 11.8 Å². The smallest absolute Gasteiger partial charge is 0.306 e. The average molecular weight is 228 g/mol. The molecule has 0 fully saturated rings. The third kappa shape index (κ3) is 8.45. The molecule has 0 N–H and O–H groups in total. The van der Waals surface area contributed by atoms with Gasteiger partial charge in [0.15, 0.2) is 0 Å². The average Bonchev–Trinajstić information content (AvgIpc) is 2.24. The van der Waals surface area contributed by atoms with E-state index >= 15 is 0 Å². The minimum atomic E-state index is -0.266. The van der Waals surface area contributed by atoms with Gasteiger partial charge in [-0.15, -0.1) is 0 Å². The molecule has 0 radical (unpaired) electrons. The van der Waals surface area contributed by atoms with Crippen molar-refractivity contribution in [2.24, 2.45) is 5.92 Å². The van der Waals surface area contributed by atoms with Crippen LogP contribution in [-0.4, -0.2) is 18.4 Å². The third-order valence-corrected chi connectivity index (χ3v) is 2.61. The summed E-state index contributed by atoms with van der Waals surface area (Å²) in [6, 6.07) is 0. The highest BCUT2D eigenvalue weighted by Crippen LogP contribution is 2.13. The highest BCUT2D eigenvalue weighted by Gasteiger charge is 2.09. The van der Waals surface area contributed by atoms with Crippen molar-refractivity contribution in [2.75, 3.05) is 6.61 Å². The number of ether oxygens (including phenoxy) is 1. The first-order chi connectivity index (χ1) is 7.60. The Morgan fingerprint density at radius 3 is 2.31 bits per heavy atom. The predicted octanol–water partition coefficient (Wildman–Crippen LogP) is 3.12. The molecular weight excluding hydrogens is 204 g/mol. The summed E-state index contributed by atoms with van der Waals surface area (Å²) in [5.74, 6) is 0.519. The second-order valence-electron chi connectivity index (χ2n) is 4.28. The summed E-state index contributed by atoms with van der Waals surface area (Å²) in [5.41, 5.74) is 0. The first kappa shape index (κ1) is 15.1. The summed E-state index contributed by atoms with van der Waals surface area (Å²) >= 11 is 0. The van der Waals surface area contributed by atoms with Gasteiger partial charge in [-0.1, -0.05) is 26.7 Å². The minimum Gasteiger partial charge on any atom is -0.466 e. The van der Waals surface area contributed by atoms with Crippen LogP contribution in [0.3, 0.4) is 0 Å². The molecule has 0 saturated heterocycles. The van der Waals surface area contributed by atoms with Crippen LogP contribution >= 0.6 is 0 Å². The SMILES string of the molecule is CCCC(C)CCC(=O)CCC(=O)OCC. The zero-order valence-corrected chi connectivity index (χ0v) is 10.8. The van der Waals surface area contributed by atoms with Crippen LogP contribution < -0.4 is 0 Å². The maximum atomic E-state index is 11.5. The summed E-state index contributed by atoms with van der Waals surface area (Å²) in [7, 11) is 0. The van der Waals surface area contributed by atoms with Crippen LogP contribution in [0.1, 0.15) is 59.3 Å². The highest BCUT2D eigenvalue weighted by atomic mass is 16.5. The molecule has 0 aliphatic rings. The van der Waals surface area contributed by atoms with Gasteiger partial charge in [-0.25, -0.2) is 0 Å². The molecule has 1 atom stereocenters. The number of carbonyl (C=O) groups excluding carboxylic acids is 2. The van der Waals surface area contributed by atoms with E-state index < -0.39 is 0 Å². The van der Waals surface area contributed by atoms with E-state index in [4.69, 9.17) is 4.74 Å². The van der Waals surface area contributed by atoms with Gasteiger partial charge in [-0.2, -0.15) is 0 Å². The number of hydrogen-bond acceptors (Lipinski definition) is 3. The van der Waals surface area contributed by atoms with E-state index in [0.717, 1.165) is 12.8 Å². The number of ketones is 1. The standard InChI is InChI=1S/C13H24O3/c1-4-6-11(3)7-8-12(14)9-10-13(15)16-5-2/h11H,4-10H2,1-3H3. The van der Waals surface area contributed by atoms with E-state index in [2.05, 4.69) is 13.8 Å². The first-order valence-electron chi connectivity index (χ1n) is 6.27. The van der Waals surface area contributed by atoms with Gasteiger partial charge in [-0.05, 0) is 19.3 Å². The molecule has 0 saturated carbocycles. The normalized spacial score (nSPS) is 12.2. The van der Waals surface area contributed by atoms with Crippen LogP contribution in [0.2, 0.25) is 0 Å². The van der Waals surface area contributed by atoms with Crippen LogP contribution in [0.25, 0.3) is 0 Å². The Balaban J connectivity index is 3.55. The lowest BCUT2D eigenvalue weighted by Gasteiger charge is -2.08. The summed E-state index contributed by atoms with van der Waals surface area (Å²) < 4.78 is 4.77. The Kier molecular flexibility index (Phi) is 8.87. The molecule has 94 valence electrons.